The molecule has 0 aromatic heterocycles. The molecule has 0 atom stereocenters. The second-order valence-electron chi connectivity index (χ2n) is 7.40. The molecule has 1 heterocycles. The maximum Gasteiger partial charge on any atom is 0.315 e. The number of nitrogens with zero attached hydrogens (tertiary/aromatic N) is 3. The first-order valence-electron chi connectivity index (χ1n) is 10.9. The van der Waals surface area contributed by atoms with Gasteiger partial charge in [0.15, 0.2) is 0 Å². The zero-order valence-corrected chi connectivity index (χ0v) is 18.2. The van der Waals surface area contributed by atoms with Crippen LogP contribution in [0.15, 0.2) is 24.3 Å². The monoisotopic (exact) mass is 403 g/mol. The molecule has 2 N–H and O–H groups in total. The van der Waals surface area contributed by atoms with E-state index in [4.69, 9.17) is 0 Å². The van der Waals surface area contributed by atoms with Crippen molar-refractivity contribution in [3.05, 3.63) is 35.4 Å². The van der Waals surface area contributed by atoms with Crippen LogP contribution in [0, 0.1) is 0 Å². The number of carbonyl (C=O) groups excluding carboxylic acids is 2. The lowest BCUT2D eigenvalue weighted by Crippen LogP contribution is -2.45. The van der Waals surface area contributed by atoms with Crippen LogP contribution in [-0.4, -0.2) is 79.0 Å². The summed E-state index contributed by atoms with van der Waals surface area (Å²) in [7, 11) is 0. The molecule has 0 saturated carbocycles. The molecule has 1 saturated heterocycles. The van der Waals surface area contributed by atoms with Crippen LogP contribution in [0.3, 0.4) is 0 Å². The molecular weight excluding hydrogens is 366 g/mol. The highest BCUT2D eigenvalue weighted by molar-refractivity contribution is 5.78. The fourth-order valence-electron chi connectivity index (χ4n) is 3.64. The van der Waals surface area contributed by atoms with Gasteiger partial charge in [-0.15, -0.1) is 0 Å². The van der Waals surface area contributed by atoms with E-state index in [1.165, 1.54) is 5.56 Å². The van der Waals surface area contributed by atoms with Crippen LogP contribution in [0.1, 0.15) is 38.3 Å². The highest BCUT2D eigenvalue weighted by Crippen LogP contribution is 2.13. The van der Waals surface area contributed by atoms with Crippen molar-refractivity contribution in [2.45, 2.75) is 40.3 Å². The topological polar surface area (TPSA) is 67.9 Å². The number of hydrogen-bond acceptors (Lipinski definition) is 4. The second kappa shape index (κ2) is 12.4. The van der Waals surface area contributed by atoms with Crippen LogP contribution >= 0.6 is 0 Å². The molecule has 1 aliphatic heterocycles. The number of likely N-dealkylation sites (N-methyl/N-ethyl adjacent to an activating group) is 1. The van der Waals surface area contributed by atoms with Crippen molar-refractivity contribution >= 4 is 11.9 Å². The molecule has 0 unspecified atom stereocenters. The number of benzene rings is 1. The number of amides is 3. The fourth-order valence-corrected chi connectivity index (χ4v) is 3.64. The Morgan fingerprint density at radius 1 is 0.931 bits per heavy atom. The summed E-state index contributed by atoms with van der Waals surface area (Å²) in [5.74, 6) is 0.0730. The molecule has 0 radical (unpaired) electrons. The minimum Gasteiger partial charge on any atom is -0.343 e. The normalized spacial score (nSPS) is 15.1. The Morgan fingerprint density at radius 2 is 1.55 bits per heavy atom. The fraction of sp³-hybridized carbons (Fsp3) is 0.636. The van der Waals surface area contributed by atoms with Crippen LogP contribution in [0.4, 0.5) is 4.79 Å². The Labute approximate surface area is 175 Å². The van der Waals surface area contributed by atoms with Gasteiger partial charge in [0.1, 0.15) is 0 Å². The van der Waals surface area contributed by atoms with Crippen molar-refractivity contribution in [2.24, 2.45) is 0 Å². The summed E-state index contributed by atoms with van der Waals surface area (Å²) in [5, 5.41) is 5.71. The summed E-state index contributed by atoms with van der Waals surface area (Å²) < 4.78 is 0. The zero-order chi connectivity index (χ0) is 21.1. The van der Waals surface area contributed by atoms with Gasteiger partial charge < -0.3 is 20.4 Å². The molecule has 1 aromatic carbocycles. The van der Waals surface area contributed by atoms with E-state index in [0.717, 1.165) is 44.8 Å². The van der Waals surface area contributed by atoms with Gasteiger partial charge in [-0.05, 0) is 31.5 Å². The van der Waals surface area contributed by atoms with Gasteiger partial charge in [-0.25, -0.2) is 4.79 Å². The third-order valence-corrected chi connectivity index (χ3v) is 5.60. The van der Waals surface area contributed by atoms with E-state index in [2.05, 4.69) is 45.6 Å². The predicted molar refractivity (Wildman–Crippen MR) is 117 cm³/mol. The summed E-state index contributed by atoms with van der Waals surface area (Å²) in [6.07, 6.45) is 0.329. The van der Waals surface area contributed by atoms with Gasteiger partial charge in [0, 0.05) is 65.3 Å². The van der Waals surface area contributed by atoms with Crippen molar-refractivity contribution < 1.29 is 9.59 Å². The van der Waals surface area contributed by atoms with E-state index in [1.807, 2.05) is 19.9 Å². The first-order chi connectivity index (χ1) is 14.1. The third-order valence-electron chi connectivity index (χ3n) is 5.60. The Hall–Kier alpha value is -2.12. The third kappa shape index (κ3) is 7.66. The number of urea groups is 1. The van der Waals surface area contributed by atoms with Crippen LogP contribution in [0.2, 0.25) is 0 Å². The standard InChI is InChI=1S/C22H37N5O2/c1-4-25-13-15-26(16-14-25)18-20-10-8-7-9-19(20)17-24-22(29)23-12-11-21(28)27(5-2)6-3/h7-10H,4-6,11-18H2,1-3H3,(H2,23,24,29). The summed E-state index contributed by atoms with van der Waals surface area (Å²) >= 11 is 0. The van der Waals surface area contributed by atoms with E-state index < -0.39 is 0 Å². The van der Waals surface area contributed by atoms with Crippen molar-refractivity contribution in [2.75, 3.05) is 52.4 Å². The Bertz CT molecular complexity index is 640. The molecule has 3 amide bonds. The van der Waals surface area contributed by atoms with Crippen molar-refractivity contribution in [3.8, 4) is 0 Å². The molecular formula is C22H37N5O2. The number of nitrogens with one attached hydrogen (secondary N) is 2. The van der Waals surface area contributed by atoms with E-state index in [9.17, 15) is 9.59 Å². The average molecular weight is 404 g/mol. The van der Waals surface area contributed by atoms with Crippen LogP contribution < -0.4 is 10.6 Å². The average Bonchev–Trinajstić information content (AvgIpc) is 2.74. The van der Waals surface area contributed by atoms with Crippen molar-refractivity contribution in [3.63, 3.8) is 0 Å². The van der Waals surface area contributed by atoms with E-state index in [1.54, 1.807) is 4.90 Å². The summed E-state index contributed by atoms with van der Waals surface area (Å²) in [5.41, 5.74) is 2.40. The Balaban J connectivity index is 1.76. The summed E-state index contributed by atoms with van der Waals surface area (Å²) in [6, 6.07) is 8.05. The molecule has 0 spiro atoms. The molecule has 2 rings (SSSR count). The van der Waals surface area contributed by atoms with Gasteiger partial charge in [-0.2, -0.15) is 0 Å². The van der Waals surface area contributed by atoms with Crippen LogP contribution in [-0.2, 0) is 17.9 Å². The number of rotatable bonds is 10. The van der Waals surface area contributed by atoms with Gasteiger partial charge in [0.2, 0.25) is 5.91 Å². The van der Waals surface area contributed by atoms with Gasteiger partial charge in [-0.1, -0.05) is 31.2 Å². The first-order valence-corrected chi connectivity index (χ1v) is 10.9. The molecule has 7 heteroatoms. The van der Waals surface area contributed by atoms with Gasteiger partial charge in [0.05, 0.1) is 0 Å². The Morgan fingerprint density at radius 3 is 2.17 bits per heavy atom. The quantitative estimate of drug-likeness (QED) is 0.626. The lowest BCUT2D eigenvalue weighted by molar-refractivity contribution is -0.130. The maximum absolute atomic E-state index is 12.1. The highest BCUT2D eigenvalue weighted by Gasteiger charge is 2.16. The largest absolute Gasteiger partial charge is 0.343 e. The smallest absolute Gasteiger partial charge is 0.315 e. The molecule has 1 fully saturated rings. The number of carbonyl (C=O) groups is 2. The van der Waals surface area contributed by atoms with Gasteiger partial charge >= 0.3 is 6.03 Å². The summed E-state index contributed by atoms with van der Waals surface area (Å²) in [4.78, 5) is 30.8. The molecule has 29 heavy (non-hydrogen) atoms. The number of hydrogen-bond donors (Lipinski definition) is 2. The molecule has 7 nitrogen and oxygen atoms in total. The zero-order valence-electron chi connectivity index (χ0n) is 18.2. The molecule has 0 aliphatic carbocycles. The first kappa shape index (κ1) is 23.2. The molecule has 162 valence electrons. The van der Waals surface area contributed by atoms with Gasteiger partial charge in [0.25, 0.3) is 0 Å². The summed E-state index contributed by atoms with van der Waals surface area (Å²) in [6.45, 7) is 14.8. The minimum atomic E-state index is -0.233. The van der Waals surface area contributed by atoms with Crippen molar-refractivity contribution in [1.29, 1.82) is 0 Å². The Kier molecular flexibility index (Phi) is 9.94. The maximum atomic E-state index is 12.1. The highest BCUT2D eigenvalue weighted by atomic mass is 16.2. The van der Waals surface area contributed by atoms with Crippen molar-refractivity contribution in [1.82, 2.24) is 25.3 Å². The lowest BCUT2D eigenvalue weighted by Gasteiger charge is -2.34. The van der Waals surface area contributed by atoms with E-state index in [0.29, 0.717) is 32.6 Å². The second-order valence-corrected chi connectivity index (χ2v) is 7.40. The lowest BCUT2D eigenvalue weighted by atomic mass is 10.1. The van der Waals surface area contributed by atoms with Crippen LogP contribution in [0.5, 0.6) is 0 Å². The van der Waals surface area contributed by atoms with Gasteiger partial charge in [-0.3, -0.25) is 9.69 Å². The SMILES string of the molecule is CCN1CCN(Cc2ccccc2CNC(=O)NCCC(=O)N(CC)CC)CC1. The molecule has 1 aromatic rings. The number of piperazine rings is 1. The molecule has 1 aliphatic rings. The van der Waals surface area contributed by atoms with E-state index >= 15 is 0 Å². The molecule has 0 bridgehead atoms. The predicted octanol–water partition coefficient (Wildman–Crippen LogP) is 1.88. The minimum absolute atomic E-state index is 0.0730. The van der Waals surface area contributed by atoms with Crippen LogP contribution in [0.25, 0.3) is 0 Å². The van der Waals surface area contributed by atoms with E-state index in [-0.39, 0.29) is 11.9 Å².